The Morgan fingerprint density at radius 2 is 1.85 bits per heavy atom. The van der Waals surface area contributed by atoms with E-state index in [0.717, 1.165) is 20.4 Å². The van der Waals surface area contributed by atoms with Gasteiger partial charge in [-0.1, -0.05) is 29.8 Å². The molecule has 2 N–H and O–H groups in total. The van der Waals surface area contributed by atoms with Gasteiger partial charge < -0.3 is 10.6 Å². The number of urea groups is 1. The summed E-state index contributed by atoms with van der Waals surface area (Å²) in [5.41, 5.74) is 3.41. The number of rotatable bonds is 2. The smallest absolute Gasteiger partial charge is 0.307 e. The zero-order valence-corrected chi connectivity index (χ0v) is 14.0. The maximum absolute atomic E-state index is 12.0. The Kier molecular flexibility index (Phi) is 4.88. The van der Waals surface area contributed by atoms with Crippen LogP contribution in [0.2, 0.25) is 5.02 Å². The fraction of sp³-hybridized carbons (Fsp3) is 0.133. The zero-order valence-electron chi connectivity index (χ0n) is 11.1. The van der Waals surface area contributed by atoms with E-state index in [1.165, 1.54) is 0 Å². The zero-order chi connectivity index (χ0) is 14.7. The minimum atomic E-state index is -0.303. The highest BCUT2D eigenvalue weighted by Gasteiger charge is 2.10. The minimum absolute atomic E-state index is 0.303. The van der Waals surface area contributed by atoms with Gasteiger partial charge in [0.05, 0.1) is 16.4 Å². The number of nitrogens with one attached hydrogen (secondary N) is 2. The van der Waals surface area contributed by atoms with E-state index in [9.17, 15) is 4.79 Å². The first-order valence-corrected chi connectivity index (χ1v) is 7.52. The summed E-state index contributed by atoms with van der Waals surface area (Å²) in [5.74, 6) is 0. The molecule has 0 bridgehead atoms. The van der Waals surface area contributed by atoms with Crippen LogP contribution in [-0.4, -0.2) is 6.03 Å². The highest BCUT2D eigenvalue weighted by atomic mass is 127. The molecule has 0 saturated carbocycles. The number of hydrogen-bond donors (Lipinski definition) is 2. The van der Waals surface area contributed by atoms with Gasteiger partial charge in [0.2, 0.25) is 0 Å². The minimum Gasteiger partial charge on any atom is -0.307 e. The van der Waals surface area contributed by atoms with Crippen LogP contribution in [-0.2, 0) is 0 Å². The van der Waals surface area contributed by atoms with Gasteiger partial charge in [0, 0.05) is 3.57 Å². The van der Waals surface area contributed by atoms with E-state index < -0.39 is 0 Å². The van der Waals surface area contributed by atoms with Crippen molar-refractivity contribution >= 4 is 51.6 Å². The van der Waals surface area contributed by atoms with Crippen LogP contribution in [0, 0.1) is 17.4 Å². The summed E-state index contributed by atoms with van der Waals surface area (Å²) in [4.78, 5) is 12.0. The first-order valence-electron chi connectivity index (χ1n) is 6.06. The number of anilines is 2. The Bertz CT molecular complexity index is 635. The second kappa shape index (κ2) is 6.45. The first-order chi connectivity index (χ1) is 9.47. The number of carbonyl (C=O) groups excluding carboxylic acids is 1. The molecule has 0 aliphatic carbocycles. The highest BCUT2D eigenvalue weighted by molar-refractivity contribution is 14.1. The third-order valence-corrected chi connectivity index (χ3v) is 4.03. The van der Waals surface area contributed by atoms with Gasteiger partial charge in [-0.05, 0) is 65.8 Å². The van der Waals surface area contributed by atoms with Gasteiger partial charge in [-0.3, -0.25) is 0 Å². The van der Waals surface area contributed by atoms with Gasteiger partial charge in [-0.15, -0.1) is 0 Å². The molecule has 0 aliphatic heterocycles. The lowest BCUT2D eigenvalue weighted by molar-refractivity contribution is 0.262. The standard InChI is InChI=1S/C15H14ClIN2O/c1-9-7-10(2)14(11(16)8-9)19-15(20)18-13-6-4-3-5-12(13)17/h3-8H,1-2H3,(H2,18,19,20). The molecule has 2 aromatic rings. The summed E-state index contributed by atoms with van der Waals surface area (Å²) in [6.45, 7) is 3.88. The fourth-order valence-electron chi connectivity index (χ4n) is 1.90. The van der Waals surface area contributed by atoms with Crippen LogP contribution in [0.1, 0.15) is 11.1 Å². The maximum atomic E-state index is 12.0. The summed E-state index contributed by atoms with van der Waals surface area (Å²) in [7, 11) is 0. The molecular formula is C15H14ClIN2O. The number of carbonyl (C=O) groups is 1. The predicted molar refractivity (Wildman–Crippen MR) is 92.7 cm³/mol. The van der Waals surface area contributed by atoms with Crippen LogP contribution in [0.25, 0.3) is 0 Å². The van der Waals surface area contributed by atoms with Crippen molar-refractivity contribution in [1.29, 1.82) is 0 Å². The second-order valence-electron chi connectivity index (χ2n) is 4.50. The van der Waals surface area contributed by atoms with Gasteiger partial charge in [-0.25, -0.2) is 4.79 Å². The number of aryl methyl sites for hydroxylation is 2. The van der Waals surface area contributed by atoms with Crippen molar-refractivity contribution in [2.75, 3.05) is 10.6 Å². The lowest BCUT2D eigenvalue weighted by Gasteiger charge is -2.13. The number of halogens is 2. The molecule has 0 unspecified atom stereocenters. The van der Waals surface area contributed by atoms with Gasteiger partial charge in [-0.2, -0.15) is 0 Å². The van der Waals surface area contributed by atoms with Crippen molar-refractivity contribution in [2.45, 2.75) is 13.8 Å². The maximum Gasteiger partial charge on any atom is 0.323 e. The summed E-state index contributed by atoms with van der Waals surface area (Å²) >= 11 is 8.34. The third kappa shape index (κ3) is 3.64. The van der Waals surface area contributed by atoms with Crippen molar-refractivity contribution in [3.63, 3.8) is 0 Å². The van der Waals surface area contributed by atoms with E-state index in [4.69, 9.17) is 11.6 Å². The normalized spacial score (nSPS) is 10.2. The van der Waals surface area contributed by atoms with Crippen LogP contribution in [0.15, 0.2) is 36.4 Å². The van der Waals surface area contributed by atoms with E-state index >= 15 is 0 Å². The van der Waals surface area contributed by atoms with E-state index in [1.54, 1.807) is 0 Å². The molecule has 0 fully saturated rings. The second-order valence-corrected chi connectivity index (χ2v) is 6.07. The van der Waals surface area contributed by atoms with Crippen LogP contribution in [0.4, 0.5) is 16.2 Å². The van der Waals surface area contributed by atoms with Gasteiger partial charge >= 0.3 is 6.03 Å². The van der Waals surface area contributed by atoms with Crippen molar-refractivity contribution in [3.8, 4) is 0 Å². The molecule has 0 spiro atoms. The number of hydrogen-bond acceptors (Lipinski definition) is 1. The first kappa shape index (κ1) is 15.1. The number of benzene rings is 2. The fourth-order valence-corrected chi connectivity index (χ4v) is 2.79. The molecule has 0 radical (unpaired) electrons. The molecule has 0 aromatic heterocycles. The molecule has 3 nitrogen and oxygen atoms in total. The Morgan fingerprint density at radius 1 is 1.15 bits per heavy atom. The van der Waals surface area contributed by atoms with E-state index in [1.807, 2.05) is 50.2 Å². The Morgan fingerprint density at radius 3 is 2.50 bits per heavy atom. The molecule has 0 aliphatic rings. The molecule has 5 heteroatoms. The van der Waals surface area contributed by atoms with Crippen molar-refractivity contribution in [3.05, 3.63) is 56.1 Å². The van der Waals surface area contributed by atoms with Crippen LogP contribution in [0.3, 0.4) is 0 Å². The Balaban J connectivity index is 2.15. The Hall–Kier alpha value is -1.27. The summed E-state index contributed by atoms with van der Waals surface area (Å²) in [5, 5.41) is 6.15. The molecule has 0 saturated heterocycles. The Labute approximate surface area is 136 Å². The molecule has 20 heavy (non-hydrogen) atoms. The largest absolute Gasteiger partial charge is 0.323 e. The average molecular weight is 401 g/mol. The molecule has 0 atom stereocenters. The van der Waals surface area contributed by atoms with Gasteiger partial charge in [0.25, 0.3) is 0 Å². The quantitative estimate of drug-likeness (QED) is 0.668. The lowest BCUT2D eigenvalue weighted by Crippen LogP contribution is -2.20. The summed E-state index contributed by atoms with van der Waals surface area (Å²) < 4.78 is 0.979. The lowest BCUT2D eigenvalue weighted by atomic mass is 10.1. The highest BCUT2D eigenvalue weighted by Crippen LogP contribution is 2.27. The van der Waals surface area contributed by atoms with Crippen molar-refractivity contribution < 1.29 is 4.79 Å². The van der Waals surface area contributed by atoms with Gasteiger partial charge in [0.1, 0.15) is 0 Å². The van der Waals surface area contributed by atoms with E-state index in [2.05, 4.69) is 33.2 Å². The van der Waals surface area contributed by atoms with Crippen molar-refractivity contribution in [2.24, 2.45) is 0 Å². The summed E-state index contributed by atoms with van der Waals surface area (Å²) in [6, 6.07) is 11.1. The topological polar surface area (TPSA) is 41.1 Å². The number of amides is 2. The molecule has 0 heterocycles. The van der Waals surface area contributed by atoms with Crippen molar-refractivity contribution in [1.82, 2.24) is 0 Å². The molecular weight excluding hydrogens is 387 g/mol. The van der Waals surface area contributed by atoms with Crippen LogP contribution >= 0.6 is 34.2 Å². The molecule has 2 amide bonds. The van der Waals surface area contributed by atoms with Gasteiger partial charge in [0.15, 0.2) is 0 Å². The third-order valence-electron chi connectivity index (χ3n) is 2.79. The number of para-hydroxylation sites is 1. The van der Waals surface area contributed by atoms with E-state index in [-0.39, 0.29) is 6.03 Å². The van der Waals surface area contributed by atoms with Crippen LogP contribution in [0.5, 0.6) is 0 Å². The van der Waals surface area contributed by atoms with Crippen LogP contribution < -0.4 is 10.6 Å². The van der Waals surface area contributed by atoms with E-state index in [0.29, 0.717) is 10.7 Å². The summed E-state index contributed by atoms with van der Waals surface area (Å²) in [6.07, 6.45) is 0. The monoisotopic (exact) mass is 400 g/mol. The average Bonchev–Trinajstić information content (AvgIpc) is 2.36. The molecule has 2 aromatic carbocycles. The molecule has 2 rings (SSSR count). The molecule has 104 valence electrons. The SMILES string of the molecule is Cc1cc(C)c(NC(=O)Nc2ccccc2I)c(Cl)c1. The predicted octanol–water partition coefficient (Wildman–Crippen LogP) is 5.21.